The maximum absolute atomic E-state index is 13.2. The van der Waals surface area contributed by atoms with Crippen LogP contribution in [0.15, 0.2) is 30.3 Å². The number of esters is 2. The Labute approximate surface area is 210 Å². The molecule has 0 bridgehead atoms. The summed E-state index contributed by atoms with van der Waals surface area (Å²) in [4.78, 5) is 58.1. The van der Waals surface area contributed by atoms with Gasteiger partial charge in [-0.3, -0.25) is 9.59 Å². The molecule has 0 radical (unpaired) electrons. The Bertz CT molecular complexity index is 921. The van der Waals surface area contributed by atoms with Gasteiger partial charge in [0.25, 0.3) is 0 Å². The fourth-order valence-corrected chi connectivity index (χ4v) is 3.30. The second-order valence-electron chi connectivity index (χ2n) is 10.2. The Morgan fingerprint density at radius 1 is 0.972 bits per heavy atom. The van der Waals surface area contributed by atoms with Crippen molar-refractivity contribution in [3.05, 3.63) is 35.9 Å². The molecule has 36 heavy (non-hydrogen) atoms. The normalized spacial score (nSPS) is 16.8. The SMILES string of the molecule is CC(C)(C)OC(=O)CC1NCCN([C@@H](Cc2ccccc2)C(=O)OC(C)(C)C)C1=O.O=C(O)C(=O)O. The summed E-state index contributed by atoms with van der Waals surface area (Å²) in [6.45, 7) is 11.6. The molecule has 0 aliphatic carbocycles. The first-order chi connectivity index (χ1) is 16.5. The number of carbonyl (C=O) groups is 5. The van der Waals surface area contributed by atoms with Gasteiger partial charge < -0.3 is 29.9 Å². The number of aliphatic carboxylic acids is 2. The molecule has 1 aliphatic heterocycles. The zero-order chi connectivity index (χ0) is 27.7. The number of hydrogen-bond donors (Lipinski definition) is 3. The predicted octanol–water partition coefficient (Wildman–Crippen LogP) is 1.63. The van der Waals surface area contributed by atoms with Gasteiger partial charge in [-0.05, 0) is 47.1 Å². The number of carboxylic acid groups (broad SMARTS) is 2. The van der Waals surface area contributed by atoms with E-state index < -0.39 is 47.2 Å². The highest BCUT2D eigenvalue weighted by Crippen LogP contribution is 2.19. The summed E-state index contributed by atoms with van der Waals surface area (Å²) in [6.07, 6.45) is 0.264. The molecular formula is C25H36N2O9. The number of nitrogens with zero attached hydrogens (tertiary/aromatic N) is 1. The molecule has 1 aromatic carbocycles. The summed E-state index contributed by atoms with van der Waals surface area (Å²) in [6, 6.07) is 8.04. The van der Waals surface area contributed by atoms with E-state index in [0.29, 0.717) is 19.5 Å². The predicted molar refractivity (Wildman–Crippen MR) is 129 cm³/mol. The van der Waals surface area contributed by atoms with Gasteiger partial charge in [0, 0.05) is 19.5 Å². The van der Waals surface area contributed by atoms with E-state index >= 15 is 0 Å². The smallest absolute Gasteiger partial charge is 0.414 e. The van der Waals surface area contributed by atoms with Crippen LogP contribution in [0.4, 0.5) is 0 Å². The summed E-state index contributed by atoms with van der Waals surface area (Å²) in [5, 5.41) is 17.9. The number of benzene rings is 1. The molecule has 2 atom stereocenters. The lowest BCUT2D eigenvalue weighted by atomic mass is 10.0. The van der Waals surface area contributed by atoms with Crippen LogP contribution in [-0.2, 0) is 39.9 Å². The molecule has 1 heterocycles. The Morgan fingerprint density at radius 2 is 1.50 bits per heavy atom. The number of hydrogen-bond acceptors (Lipinski definition) is 8. The molecule has 1 amide bonds. The molecule has 1 saturated heterocycles. The Hall–Kier alpha value is -3.47. The number of rotatable bonds is 6. The summed E-state index contributed by atoms with van der Waals surface area (Å²) in [5.74, 6) is -4.84. The topological polar surface area (TPSA) is 160 Å². The largest absolute Gasteiger partial charge is 0.473 e. The van der Waals surface area contributed by atoms with Crippen LogP contribution in [-0.4, -0.2) is 81.3 Å². The van der Waals surface area contributed by atoms with Gasteiger partial charge in [0.1, 0.15) is 17.2 Å². The Morgan fingerprint density at radius 3 is 1.97 bits per heavy atom. The van der Waals surface area contributed by atoms with E-state index in [2.05, 4.69) is 5.32 Å². The van der Waals surface area contributed by atoms with Gasteiger partial charge in [-0.25, -0.2) is 14.4 Å². The molecule has 2 rings (SSSR count). The fraction of sp³-hybridized carbons (Fsp3) is 0.560. The van der Waals surface area contributed by atoms with Crippen LogP contribution >= 0.6 is 0 Å². The van der Waals surface area contributed by atoms with Gasteiger partial charge in [-0.15, -0.1) is 0 Å². The van der Waals surface area contributed by atoms with Crippen molar-refractivity contribution >= 4 is 29.8 Å². The number of nitrogens with one attached hydrogen (secondary N) is 1. The van der Waals surface area contributed by atoms with Crippen LogP contribution in [0.3, 0.4) is 0 Å². The molecule has 1 aromatic rings. The third-order valence-electron chi connectivity index (χ3n) is 4.63. The van der Waals surface area contributed by atoms with E-state index in [1.807, 2.05) is 30.3 Å². The van der Waals surface area contributed by atoms with Crippen LogP contribution in [0.5, 0.6) is 0 Å². The van der Waals surface area contributed by atoms with E-state index in [9.17, 15) is 14.4 Å². The van der Waals surface area contributed by atoms with Crippen molar-refractivity contribution in [1.29, 1.82) is 0 Å². The standard InChI is InChI=1S/C23H34N2O5.C2H2O4/c1-22(2,3)29-19(26)15-17-20(27)25(13-12-24-17)18(21(28)30-23(4,5)6)14-16-10-8-7-9-11-16;3-1(4)2(5)6/h7-11,17-18,24H,12-15H2,1-6H3;(H,3,4)(H,5,6)/t17?,18-;/m0./s1. The zero-order valence-corrected chi connectivity index (χ0v) is 21.6. The van der Waals surface area contributed by atoms with Crippen LogP contribution in [0, 0.1) is 0 Å². The number of carbonyl (C=O) groups excluding carboxylic acids is 3. The van der Waals surface area contributed by atoms with Gasteiger partial charge in [-0.2, -0.15) is 0 Å². The minimum absolute atomic E-state index is 0.0843. The first-order valence-corrected chi connectivity index (χ1v) is 11.5. The quantitative estimate of drug-likeness (QED) is 0.381. The number of piperazine rings is 1. The van der Waals surface area contributed by atoms with Crippen molar-refractivity contribution in [3.8, 4) is 0 Å². The number of carboxylic acids is 2. The Kier molecular flexibility index (Phi) is 11.0. The molecule has 200 valence electrons. The van der Waals surface area contributed by atoms with Crippen molar-refractivity contribution in [2.75, 3.05) is 13.1 Å². The molecule has 1 fully saturated rings. The highest BCUT2D eigenvalue weighted by Gasteiger charge is 2.39. The first-order valence-electron chi connectivity index (χ1n) is 11.5. The summed E-state index contributed by atoms with van der Waals surface area (Å²) < 4.78 is 11.0. The van der Waals surface area contributed by atoms with Crippen molar-refractivity contribution in [2.45, 2.75) is 77.7 Å². The lowest BCUT2D eigenvalue weighted by Crippen LogP contribution is -2.61. The van der Waals surface area contributed by atoms with E-state index in [4.69, 9.17) is 29.3 Å². The van der Waals surface area contributed by atoms with E-state index in [1.54, 1.807) is 41.5 Å². The minimum Gasteiger partial charge on any atom is -0.473 e. The molecule has 11 nitrogen and oxygen atoms in total. The minimum atomic E-state index is -1.82. The molecule has 0 spiro atoms. The highest BCUT2D eigenvalue weighted by atomic mass is 16.6. The van der Waals surface area contributed by atoms with Gasteiger partial charge in [-0.1, -0.05) is 30.3 Å². The summed E-state index contributed by atoms with van der Waals surface area (Å²) in [7, 11) is 0. The van der Waals surface area contributed by atoms with Crippen LogP contribution in [0.25, 0.3) is 0 Å². The van der Waals surface area contributed by atoms with Gasteiger partial charge in [0.2, 0.25) is 5.91 Å². The van der Waals surface area contributed by atoms with Crippen molar-refractivity contribution in [3.63, 3.8) is 0 Å². The monoisotopic (exact) mass is 508 g/mol. The van der Waals surface area contributed by atoms with Gasteiger partial charge in [0.15, 0.2) is 0 Å². The number of ether oxygens (including phenoxy) is 2. The van der Waals surface area contributed by atoms with E-state index in [1.165, 1.54) is 4.90 Å². The van der Waals surface area contributed by atoms with Crippen LogP contribution in [0.1, 0.15) is 53.5 Å². The first kappa shape index (κ1) is 30.6. The molecular weight excluding hydrogens is 472 g/mol. The second-order valence-corrected chi connectivity index (χ2v) is 10.2. The molecule has 0 aromatic heterocycles. The summed E-state index contributed by atoms with van der Waals surface area (Å²) in [5.41, 5.74) is -0.358. The zero-order valence-electron chi connectivity index (χ0n) is 21.6. The molecule has 3 N–H and O–H groups in total. The third kappa shape index (κ3) is 11.3. The molecule has 1 aliphatic rings. The maximum atomic E-state index is 13.2. The highest BCUT2D eigenvalue weighted by molar-refractivity contribution is 6.27. The fourth-order valence-electron chi connectivity index (χ4n) is 3.30. The Balaban J connectivity index is 0.000000960. The van der Waals surface area contributed by atoms with Gasteiger partial charge in [0.05, 0.1) is 12.5 Å². The summed E-state index contributed by atoms with van der Waals surface area (Å²) >= 11 is 0. The second kappa shape index (κ2) is 13.0. The third-order valence-corrected chi connectivity index (χ3v) is 4.63. The van der Waals surface area contributed by atoms with Crippen molar-refractivity contribution in [1.82, 2.24) is 10.2 Å². The maximum Gasteiger partial charge on any atom is 0.414 e. The molecule has 1 unspecified atom stereocenters. The van der Waals surface area contributed by atoms with Crippen molar-refractivity contribution < 1.29 is 43.7 Å². The van der Waals surface area contributed by atoms with E-state index in [0.717, 1.165) is 5.56 Å². The van der Waals surface area contributed by atoms with Gasteiger partial charge >= 0.3 is 23.9 Å². The average molecular weight is 509 g/mol. The molecule has 11 heteroatoms. The molecule has 0 saturated carbocycles. The lowest BCUT2D eigenvalue weighted by Gasteiger charge is -2.38. The van der Waals surface area contributed by atoms with E-state index in [-0.39, 0.29) is 12.3 Å². The van der Waals surface area contributed by atoms with Crippen LogP contribution < -0.4 is 5.32 Å². The lowest BCUT2D eigenvalue weighted by molar-refractivity contribution is -0.167. The van der Waals surface area contributed by atoms with Crippen molar-refractivity contribution in [2.24, 2.45) is 0 Å². The van der Waals surface area contributed by atoms with Crippen LogP contribution in [0.2, 0.25) is 0 Å². The average Bonchev–Trinajstić information content (AvgIpc) is 2.72. The number of amides is 1.